The highest BCUT2D eigenvalue weighted by molar-refractivity contribution is 7.84. The van der Waals surface area contributed by atoms with Crippen molar-refractivity contribution >= 4 is 10.8 Å². The molecule has 1 aromatic rings. The summed E-state index contributed by atoms with van der Waals surface area (Å²) in [6.07, 6.45) is 1.57. The first-order valence-corrected chi connectivity index (χ1v) is 6.05. The van der Waals surface area contributed by atoms with Crippen LogP contribution in [0.15, 0.2) is 23.1 Å². The van der Waals surface area contributed by atoms with E-state index in [-0.39, 0.29) is 11.2 Å². The summed E-state index contributed by atoms with van der Waals surface area (Å²) in [5, 5.41) is 9.90. The van der Waals surface area contributed by atoms with Crippen LogP contribution in [-0.4, -0.2) is 15.6 Å². The Labute approximate surface area is 87.4 Å². The Bertz CT molecular complexity index is 364. The summed E-state index contributed by atoms with van der Waals surface area (Å²) in [6.45, 7) is 6.05. The van der Waals surface area contributed by atoms with Gasteiger partial charge in [0.15, 0.2) is 0 Å². The SMILES string of the molecule is CS(=O)c1cccc(C(C)(C)C)c1O. The average molecular weight is 212 g/mol. The van der Waals surface area contributed by atoms with Crippen LogP contribution in [-0.2, 0) is 16.2 Å². The molecule has 1 atom stereocenters. The van der Waals surface area contributed by atoms with Crippen LogP contribution in [0.2, 0.25) is 0 Å². The van der Waals surface area contributed by atoms with Gasteiger partial charge in [-0.3, -0.25) is 4.21 Å². The Hall–Kier alpha value is -0.830. The zero-order chi connectivity index (χ0) is 10.9. The van der Waals surface area contributed by atoms with Gasteiger partial charge in [0.1, 0.15) is 5.75 Å². The molecular formula is C11H16O2S. The highest BCUT2D eigenvalue weighted by Crippen LogP contribution is 2.34. The molecule has 1 N–H and O–H groups in total. The molecule has 0 heterocycles. The quantitative estimate of drug-likeness (QED) is 0.776. The van der Waals surface area contributed by atoms with Crippen molar-refractivity contribution in [2.45, 2.75) is 31.1 Å². The number of hydrogen-bond donors (Lipinski definition) is 1. The fraction of sp³-hybridized carbons (Fsp3) is 0.455. The summed E-state index contributed by atoms with van der Waals surface area (Å²) < 4.78 is 11.3. The fourth-order valence-corrected chi connectivity index (χ4v) is 2.01. The van der Waals surface area contributed by atoms with E-state index in [9.17, 15) is 9.32 Å². The Morgan fingerprint density at radius 2 is 1.86 bits per heavy atom. The van der Waals surface area contributed by atoms with Crippen LogP contribution < -0.4 is 0 Å². The summed E-state index contributed by atoms with van der Waals surface area (Å²) in [7, 11) is -1.14. The monoisotopic (exact) mass is 212 g/mol. The largest absolute Gasteiger partial charge is 0.506 e. The molecule has 0 aromatic heterocycles. The summed E-state index contributed by atoms with van der Waals surface area (Å²) in [6, 6.07) is 5.39. The number of rotatable bonds is 1. The molecule has 0 aliphatic rings. The molecule has 0 spiro atoms. The lowest BCUT2D eigenvalue weighted by Crippen LogP contribution is -2.12. The van der Waals surface area contributed by atoms with Gasteiger partial charge in [-0.15, -0.1) is 0 Å². The molecule has 1 aromatic carbocycles. The number of hydrogen-bond acceptors (Lipinski definition) is 2. The molecule has 1 rings (SSSR count). The standard InChI is InChI=1S/C11H16O2S/c1-11(2,3)8-6-5-7-9(10(8)12)14(4)13/h5-7,12H,1-4H3. The van der Waals surface area contributed by atoms with Gasteiger partial charge in [-0.25, -0.2) is 0 Å². The first-order valence-electron chi connectivity index (χ1n) is 4.50. The number of aromatic hydroxyl groups is 1. The molecule has 0 fully saturated rings. The van der Waals surface area contributed by atoms with E-state index in [1.54, 1.807) is 12.3 Å². The van der Waals surface area contributed by atoms with Gasteiger partial charge >= 0.3 is 0 Å². The molecule has 0 amide bonds. The van der Waals surface area contributed by atoms with Crippen LogP contribution in [0.1, 0.15) is 26.3 Å². The van der Waals surface area contributed by atoms with Gasteiger partial charge in [0, 0.05) is 11.8 Å². The summed E-state index contributed by atoms with van der Waals surface area (Å²) >= 11 is 0. The number of benzene rings is 1. The van der Waals surface area contributed by atoms with Crippen LogP contribution in [0.4, 0.5) is 0 Å². The molecule has 0 aliphatic carbocycles. The molecule has 14 heavy (non-hydrogen) atoms. The van der Waals surface area contributed by atoms with E-state index in [4.69, 9.17) is 0 Å². The van der Waals surface area contributed by atoms with Gasteiger partial charge in [-0.2, -0.15) is 0 Å². The molecule has 78 valence electrons. The lowest BCUT2D eigenvalue weighted by Gasteiger charge is -2.21. The van der Waals surface area contributed by atoms with E-state index in [1.807, 2.05) is 32.9 Å². The van der Waals surface area contributed by atoms with Gasteiger partial charge in [-0.05, 0) is 11.5 Å². The van der Waals surface area contributed by atoms with Crippen molar-refractivity contribution in [3.8, 4) is 5.75 Å². The molecule has 2 nitrogen and oxygen atoms in total. The third kappa shape index (κ3) is 2.15. The Morgan fingerprint density at radius 3 is 2.29 bits per heavy atom. The number of phenols is 1. The molecule has 3 heteroatoms. The Morgan fingerprint density at radius 1 is 1.29 bits per heavy atom. The van der Waals surface area contributed by atoms with Crippen molar-refractivity contribution in [2.75, 3.05) is 6.26 Å². The van der Waals surface area contributed by atoms with Crippen LogP contribution in [0.25, 0.3) is 0 Å². The molecule has 0 saturated carbocycles. The van der Waals surface area contributed by atoms with Gasteiger partial charge < -0.3 is 5.11 Å². The second kappa shape index (κ2) is 3.73. The Balaban J connectivity index is 3.35. The lowest BCUT2D eigenvalue weighted by molar-refractivity contribution is 0.434. The highest BCUT2D eigenvalue weighted by atomic mass is 32.2. The zero-order valence-electron chi connectivity index (χ0n) is 9.00. The second-order valence-corrected chi connectivity index (χ2v) is 5.70. The van der Waals surface area contributed by atoms with Crippen molar-refractivity contribution in [3.63, 3.8) is 0 Å². The minimum Gasteiger partial charge on any atom is -0.506 e. The minimum atomic E-state index is -1.14. The van der Waals surface area contributed by atoms with E-state index in [2.05, 4.69) is 0 Å². The van der Waals surface area contributed by atoms with E-state index >= 15 is 0 Å². The van der Waals surface area contributed by atoms with Crippen molar-refractivity contribution < 1.29 is 9.32 Å². The minimum absolute atomic E-state index is 0.126. The molecule has 0 bridgehead atoms. The van der Waals surface area contributed by atoms with Crippen LogP contribution in [0.3, 0.4) is 0 Å². The average Bonchev–Trinajstić information content (AvgIpc) is 2.01. The summed E-state index contributed by atoms with van der Waals surface area (Å²) in [5.41, 5.74) is 0.713. The molecule has 1 unspecified atom stereocenters. The molecule has 0 aliphatic heterocycles. The first kappa shape index (κ1) is 11.2. The van der Waals surface area contributed by atoms with E-state index < -0.39 is 10.8 Å². The smallest absolute Gasteiger partial charge is 0.135 e. The van der Waals surface area contributed by atoms with Crippen molar-refractivity contribution in [2.24, 2.45) is 0 Å². The maximum Gasteiger partial charge on any atom is 0.135 e. The molecule has 0 saturated heterocycles. The predicted molar refractivity (Wildman–Crippen MR) is 59.1 cm³/mol. The van der Waals surface area contributed by atoms with E-state index in [0.717, 1.165) is 5.56 Å². The first-order chi connectivity index (χ1) is 6.34. The molecule has 0 radical (unpaired) electrons. The van der Waals surface area contributed by atoms with Gasteiger partial charge in [0.2, 0.25) is 0 Å². The lowest BCUT2D eigenvalue weighted by atomic mass is 9.86. The van der Waals surface area contributed by atoms with E-state index in [1.165, 1.54) is 0 Å². The van der Waals surface area contributed by atoms with Gasteiger partial charge in [0.25, 0.3) is 0 Å². The fourth-order valence-electron chi connectivity index (χ4n) is 1.36. The second-order valence-electron chi connectivity index (χ2n) is 4.36. The topological polar surface area (TPSA) is 37.3 Å². The normalized spacial score (nSPS) is 14.0. The Kier molecular flexibility index (Phi) is 3.00. The van der Waals surface area contributed by atoms with Crippen molar-refractivity contribution in [1.29, 1.82) is 0 Å². The van der Waals surface area contributed by atoms with Crippen LogP contribution in [0, 0.1) is 0 Å². The zero-order valence-corrected chi connectivity index (χ0v) is 9.81. The maximum atomic E-state index is 11.3. The third-order valence-electron chi connectivity index (χ3n) is 2.12. The van der Waals surface area contributed by atoms with Gasteiger partial charge in [0.05, 0.1) is 15.7 Å². The third-order valence-corrected chi connectivity index (χ3v) is 3.07. The van der Waals surface area contributed by atoms with E-state index in [0.29, 0.717) is 4.90 Å². The van der Waals surface area contributed by atoms with Crippen LogP contribution >= 0.6 is 0 Å². The van der Waals surface area contributed by atoms with Gasteiger partial charge in [-0.1, -0.05) is 32.9 Å². The predicted octanol–water partition coefficient (Wildman–Crippen LogP) is 2.43. The number of para-hydroxylation sites is 1. The summed E-state index contributed by atoms with van der Waals surface area (Å²) in [5.74, 6) is 0.167. The van der Waals surface area contributed by atoms with Crippen LogP contribution in [0.5, 0.6) is 5.75 Å². The highest BCUT2D eigenvalue weighted by Gasteiger charge is 2.20. The maximum absolute atomic E-state index is 11.3. The number of phenolic OH excluding ortho intramolecular Hbond substituents is 1. The summed E-state index contributed by atoms with van der Waals surface area (Å²) in [4.78, 5) is 0.512. The van der Waals surface area contributed by atoms with Crippen molar-refractivity contribution in [1.82, 2.24) is 0 Å². The van der Waals surface area contributed by atoms with Crippen molar-refractivity contribution in [3.05, 3.63) is 23.8 Å². The molecular weight excluding hydrogens is 196 g/mol.